The van der Waals surface area contributed by atoms with Crippen LogP contribution < -0.4 is 35.3 Å². The summed E-state index contributed by atoms with van der Waals surface area (Å²) in [6.07, 6.45) is 5.02. The summed E-state index contributed by atoms with van der Waals surface area (Å²) < 4.78 is 98.4. The molecule has 3 spiro atoms. The highest BCUT2D eigenvalue weighted by atomic mass is 32.2. The number of sulfonamides is 2. The Balaban J connectivity index is 0.000000138. The largest absolute Gasteiger partial charge is 0.443 e. The van der Waals surface area contributed by atoms with Crippen LogP contribution in [0.4, 0.5) is 17.1 Å². The van der Waals surface area contributed by atoms with Crippen molar-refractivity contribution in [3.05, 3.63) is 297 Å². The van der Waals surface area contributed by atoms with Crippen LogP contribution in [0.1, 0.15) is 138 Å². The third-order valence-electron chi connectivity index (χ3n) is 21.6. The molecule has 6 aliphatic rings. The number of piperidine rings is 3. The lowest BCUT2D eigenvalue weighted by Gasteiger charge is -2.39. The Morgan fingerprint density at radius 3 is 0.973 bits per heavy atom. The third kappa shape index (κ3) is 15.8. The summed E-state index contributed by atoms with van der Waals surface area (Å²) in [5.74, 6) is 19.4. The Morgan fingerprint density at radius 2 is 0.664 bits per heavy atom. The summed E-state index contributed by atoms with van der Waals surface area (Å²) >= 11 is 0. The second-order valence-electron chi connectivity index (χ2n) is 28.4. The van der Waals surface area contributed by atoms with E-state index in [9.17, 15) is 39.6 Å². The number of hydrogen-bond acceptors (Lipinski definition) is 15. The number of anilines is 3. The van der Waals surface area contributed by atoms with Crippen molar-refractivity contribution in [3.63, 3.8) is 0 Å². The highest BCUT2D eigenvalue weighted by Gasteiger charge is 2.52. The molecule has 0 saturated carbocycles. The second-order valence-corrected chi connectivity index (χ2v) is 33.6. The summed E-state index contributed by atoms with van der Waals surface area (Å²) in [4.78, 5) is 45.1. The Morgan fingerprint density at radius 1 is 0.373 bits per heavy atom. The molecule has 25 heteroatoms. The number of amides is 3. The van der Waals surface area contributed by atoms with Crippen molar-refractivity contribution in [2.75, 3.05) is 78.1 Å². The predicted octanol–water partition coefficient (Wildman–Crippen LogP) is 9.95. The van der Waals surface area contributed by atoms with Gasteiger partial charge in [-0.25, -0.2) is 22.0 Å². The van der Waals surface area contributed by atoms with Crippen molar-refractivity contribution < 1.29 is 52.9 Å². The molecule has 0 bridgehead atoms. The fourth-order valence-electron chi connectivity index (χ4n) is 15.5. The van der Waals surface area contributed by atoms with Crippen LogP contribution in [0.5, 0.6) is 0 Å². The van der Waals surface area contributed by atoms with Gasteiger partial charge in [0, 0.05) is 111 Å². The summed E-state index contributed by atoms with van der Waals surface area (Å²) in [6, 6.07) is 64.4. The summed E-state index contributed by atoms with van der Waals surface area (Å²) in [6.45, 7) is 5.01. The molecule has 6 aliphatic heterocycles. The molecule has 110 heavy (non-hydrogen) atoms. The Kier molecular flexibility index (Phi) is 21.4. The molecule has 3 aromatic heterocycles. The normalized spacial score (nSPS) is 16.4. The van der Waals surface area contributed by atoms with Gasteiger partial charge in [-0.1, -0.05) is 127 Å². The molecule has 3 saturated heterocycles. The summed E-state index contributed by atoms with van der Waals surface area (Å²) in [5.41, 5.74) is 26.9. The average Bonchev–Trinajstić information content (AvgIpc) is 1.58. The predicted molar refractivity (Wildman–Crippen MR) is 420 cm³/mol. The molecule has 16 rings (SSSR count). The van der Waals surface area contributed by atoms with Gasteiger partial charge in [0.25, 0.3) is 38.0 Å². The molecule has 7 aromatic carbocycles. The van der Waals surface area contributed by atoms with Crippen LogP contribution in [0.25, 0.3) is 0 Å². The standard InChI is InChI=1S/C32H29N3O4S.C27H27N3O4S.C26H26N4O4S/c33-22-25-12-15-29-28(21-25)32(23-35(29)40(37,38)27-9-5-2-6-10-27)17-19-34(20-18-32)31(36)30-16-14-26(39-30)13-11-24-7-3-1-4-8-24;1-35(32,33)30-19-27(23-17-21(18-28)8-11-24(23)30)13-15-29(16-14-27)26(31)25-12-10-22(34-25)9-7-20-5-3-2-4-6-20;27-17-20-7-10-23-22(16-20)26(18-30(23)35(28,32)33)12-14-29(15-13-26)25(31)24-11-9-21(34-24)8-6-19-4-2-1-3-5-19/h1-10,12,14-16,21H,17-20,22-23,33H2;2-6,8,10-12,17H,13-16,18-19,28H2,1H3;1-5,7,9-11,16H,12-15,17-18,27H2,(H2,28,32,33). The van der Waals surface area contributed by atoms with Gasteiger partial charge in [0.1, 0.15) is 0 Å². The number of furan rings is 3. The first-order chi connectivity index (χ1) is 53.0. The molecule has 22 nitrogen and oxygen atoms in total. The van der Waals surface area contributed by atoms with Crippen LogP contribution in [0.15, 0.2) is 230 Å². The highest BCUT2D eigenvalue weighted by molar-refractivity contribution is 7.93. The molecular formula is C85H82N10O12S3. The molecule has 3 amide bonds. The maximum atomic E-state index is 13.7. The van der Waals surface area contributed by atoms with Gasteiger partial charge in [-0.3, -0.25) is 27.3 Å². The van der Waals surface area contributed by atoms with Gasteiger partial charge >= 0.3 is 0 Å². The van der Waals surface area contributed by atoms with Crippen molar-refractivity contribution in [3.8, 4) is 35.5 Å². The monoisotopic (exact) mass is 1530 g/mol. The van der Waals surface area contributed by atoms with E-state index in [0.717, 1.165) is 55.8 Å². The molecule has 3 fully saturated rings. The third-order valence-corrected chi connectivity index (χ3v) is 25.4. The van der Waals surface area contributed by atoms with E-state index < -0.39 is 41.1 Å². The molecule has 0 aliphatic carbocycles. The van der Waals surface area contributed by atoms with Crippen molar-refractivity contribution in [1.29, 1.82) is 0 Å². The molecular weight excluding hydrogens is 1450 g/mol. The number of hydrogen-bond donors (Lipinski definition) is 4. The van der Waals surface area contributed by atoms with Crippen LogP contribution in [-0.2, 0) is 66.1 Å². The Hall–Kier alpha value is -11.4. The minimum absolute atomic E-state index is 0.179. The molecule has 0 radical (unpaired) electrons. The Labute approximate surface area is 640 Å². The lowest BCUT2D eigenvalue weighted by molar-refractivity contribution is 0.0636. The molecule has 10 aromatic rings. The summed E-state index contributed by atoms with van der Waals surface area (Å²) in [5, 5.41) is 5.52. The van der Waals surface area contributed by atoms with E-state index in [0.29, 0.717) is 139 Å². The maximum absolute atomic E-state index is 13.7. The Bertz CT molecular complexity index is 5450. The van der Waals surface area contributed by atoms with Crippen LogP contribution in [0, 0.1) is 35.5 Å². The van der Waals surface area contributed by atoms with E-state index in [1.54, 1.807) is 87.5 Å². The quantitative estimate of drug-likeness (QED) is 0.0926. The zero-order chi connectivity index (χ0) is 77.0. The fourth-order valence-corrected chi connectivity index (χ4v) is 19.0. The number of likely N-dealkylation sites (tertiary alicyclic amines) is 3. The minimum Gasteiger partial charge on any atom is -0.443 e. The van der Waals surface area contributed by atoms with Crippen molar-refractivity contribution in [1.82, 2.24) is 14.7 Å². The fraction of sp³-hybridized carbons (Fsp3) is 0.259. The zero-order valence-corrected chi connectivity index (χ0v) is 63.0. The van der Waals surface area contributed by atoms with E-state index in [4.69, 9.17) is 35.6 Å². The highest BCUT2D eigenvalue weighted by Crippen LogP contribution is 2.52. The maximum Gasteiger partial charge on any atom is 0.299 e. The SMILES string of the molecule is CS(=O)(=O)N1CC2(CCN(C(=O)c3ccc(C#Cc4ccccc4)o3)CC2)c2cc(CN)ccc21.NCc1ccc2c(c1)C1(CCN(C(=O)c3ccc(C#Cc4ccccc4)o3)CC1)CN2S(=O)(=O)c1ccccc1.NCc1ccc2c(c1)C1(CCN(C(=O)c3ccc(C#Cc4ccccc4)o3)CC1)CN2S(N)(=O)=O. The van der Waals surface area contributed by atoms with Crippen LogP contribution >= 0.6 is 0 Å². The second kappa shape index (κ2) is 31.3. The van der Waals surface area contributed by atoms with E-state index in [2.05, 4.69) is 35.5 Å². The van der Waals surface area contributed by atoms with E-state index in [-0.39, 0.29) is 51.9 Å². The van der Waals surface area contributed by atoms with Gasteiger partial charge in [0.15, 0.2) is 34.6 Å². The average molecular weight is 1530 g/mol. The topological polar surface area (TPSA) is 317 Å². The minimum atomic E-state index is -3.91. The van der Waals surface area contributed by atoms with Gasteiger partial charge < -0.3 is 45.2 Å². The number of fused-ring (bicyclic) bond motifs is 6. The smallest absolute Gasteiger partial charge is 0.299 e. The lowest BCUT2D eigenvalue weighted by atomic mass is 9.74. The molecule has 8 N–H and O–H groups in total. The van der Waals surface area contributed by atoms with Gasteiger partial charge in [-0.2, -0.15) is 8.42 Å². The van der Waals surface area contributed by atoms with Crippen molar-refractivity contribution >= 4 is 65.0 Å². The molecule has 562 valence electrons. The van der Waals surface area contributed by atoms with Gasteiger partial charge in [-0.05, 0) is 193 Å². The van der Waals surface area contributed by atoms with E-state index in [1.165, 1.54) is 19.2 Å². The first-order valence-electron chi connectivity index (χ1n) is 36.2. The number of carbonyl (C=O) groups excluding carboxylic acids is 3. The van der Waals surface area contributed by atoms with Crippen LogP contribution in [0.3, 0.4) is 0 Å². The zero-order valence-electron chi connectivity index (χ0n) is 60.6. The number of carbonyl (C=O) groups is 3. The van der Waals surface area contributed by atoms with Gasteiger partial charge in [0.05, 0.1) is 28.2 Å². The molecule has 0 atom stereocenters. The van der Waals surface area contributed by atoms with E-state index in [1.807, 2.05) is 140 Å². The van der Waals surface area contributed by atoms with Crippen molar-refractivity contribution in [2.24, 2.45) is 22.3 Å². The van der Waals surface area contributed by atoms with E-state index >= 15 is 0 Å². The molecule has 9 heterocycles. The van der Waals surface area contributed by atoms with Gasteiger partial charge in [0.2, 0.25) is 10.0 Å². The van der Waals surface area contributed by atoms with Crippen LogP contribution in [0.2, 0.25) is 0 Å². The lowest BCUT2D eigenvalue weighted by Crippen LogP contribution is -2.48. The number of nitrogens with zero attached hydrogens (tertiary/aromatic N) is 6. The first kappa shape index (κ1) is 75.4. The first-order valence-corrected chi connectivity index (χ1v) is 41.0. The van der Waals surface area contributed by atoms with Crippen molar-refractivity contribution in [2.45, 2.75) is 79.3 Å². The van der Waals surface area contributed by atoms with Gasteiger partial charge in [-0.15, -0.1) is 0 Å². The number of nitrogens with two attached hydrogens (primary N) is 4. The van der Waals surface area contributed by atoms with Crippen LogP contribution in [-0.4, -0.2) is 123 Å². The number of rotatable bonds is 10. The molecule has 0 unspecified atom stereocenters. The summed E-state index contributed by atoms with van der Waals surface area (Å²) in [7, 11) is -11.1. The number of benzene rings is 7.